The van der Waals surface area contributed by atoms with Gasteiger partial charge in [0.25, 0.3) is 0 Å². The van der Waals surface area contributed by atoms with Crippen LogP contribution in [0.4, 0.5) is 0 Å². The van der Waals surface area contributed by atoms with Crippen molar-refractivity contribution in [2.75, 3.05) is 12.5 Å². The van der Waals surface area contributed by atoms with Gasteiger partial charge in [-0.2, -0.15) is 0 Å². The molecule has 4 heteroatoms. The number of fused-ring (bicyclic) bond motifs is 1. The van der Waals surface area contributed by atoms with E-state index in [1.54, 1.807) is 0 Å². The molecule has 0 saturated carbocycles. The predicted octanol–water partition coefficient (Wildman–Crippen LogP) is 2.38. The Bertz CT molecular complexity index is 513. The molecule has 0 saturated heterocycles. The zero-order valence-electron chi connectivity index (χ0n) is 11.6. The Kier molecular flexibility index (Phi) is 3.83. The molecule has 0 amide bonds. The van der Waals surface area contributed by atoms with Crippen molar-refractivity contribution < 1.29 is 15.3 Å². The van der Waals surface area contributed by atoms with Crippen LogP contribution in [0.25, 0.3) is 0 Å². The Labute approximate surface area is 118 Å². The van der Waals surface area contributed by atoms with Gasteiger partial charge in [0, 0.05) is 16.9 Å². The van der Waals surface area contributed by atoms with Crippen molar-refractivity contribution in [2.45, 2.75) is 39.7 Å². The molecular formula is C15H21ClO3. The molecule has 0 heterocycles. The zero-order chi connectivity index (χ0) is 14.4. The van der Waals surface area contributed by atoms with Crippen LogP contribution in [0.2, 0.25) is 0 Å². The summed E-state index contributed by atoms with van der Waals surface area (Å²) in [6.45, 7) is 5.57. The van der Waals surface area contributed by atoms with E-state index in [1.165, 1.54) is 0 Å². The summed E-state index contributed by atoms with van der Waals surface area (Å²) in [5.74, 6) is 0.727. The topological polar surface area (TPSA) is 60.7 Å². The van der Waals surface area contributed by atoms with Crippen LogP contribution in [-0.4, -0.2) is 27.8 Å². The number of rotatable bonds is 3. The van der Waals surface area contributed by atoms with Gasteiger partial charge in [0.15, 0.2) is 0 Å². The third-order valence-electron chi connectivity index (χ3n) is 4.50. The molecule has 1 aromatic carbocycles. The molecule has 0 spiro atoms. The molecule has 1 aromatic rings. The molecule has 0 aliphatic heterocycles. The number of alkyl halides is 1. The van der Waals surface area contributed by atoms with E-state index in [9.17, 15) is 15.3 Å². The van der Waals surface area contributed by atoms with E-state index < -0.39 is 11.5 Å². The SMILES string of the molecule is Cc1c(O)c2c(c(C)c1CCCl)C(O)C(C)(CO)C2. The average molecular weight is 285 g/mol. The maximum absolute atomic E-state index is 10.5. The molecule has 0 bridgehead atoms. The summed E-state index contributed by atoms with van der Waals surface area (Å²) in [6.07, 6.45) is 0.421. The third-order valence-corrected chi connectivity index (χ3v) is 4.68. The van der Waals surface area contributed by atoms with Crippen molar-refractivity contribution in [1.29, 1.82) is 0 Å². The molecule has 2 rings (SSSR count). The lowest BCUT2D eigenvalue weighted by Crippen LogP contribution is -2.26. The highest BCUT2D eigenvalue weighted by atomic mass is 35.5. The minimum absolute atomic E-state index is 0.106. The summed E-state index contributed by atoms with van der Waals surface area (Å²) < 4.78 is 0. The van der Waals surface area contributed by atoms with Crippen LogP contribution in [0, 0.1) is 19.3 Å². The second kappa shape index (κ2) is 4.97. The monoisotopic (exact) mass is 284 g/mol. The van der Waals surface area contributed by atoms with Crippen molar-refractivity contribution >= 4 is 11.6 Å². The summed E-state index contributed by atoms with van der Waals surface area (Å²) in [6, 6.07) is 0. The van der Waals surface area contributed by atoms with Crippen molar-refractivity contribution in [2.24, 2.45) is 5.41 Å². The molecule has 0 fully saturated rings. The Hall–Kier alpha value is -0.770. The fourth-order valence-electron chi connectivity index (χ4n) is 3.18. The highest BCUT2D eigenvalue weighted by Gasteiger charge is 2.44. The van der Waals surface area contributed by atoms with Gasteiger partial charge in [-0.25, -0.2) is 0 Å². The van der Waals surface area contributed by atoms with E-state index in [0.717, 1.165) is 27.8 Å². The van der Waals surface area contributed by atoms with Crippen LogP contribution in [0.5, 0.6) is 5.75 Å². The fraction of sp³-hybridized carbons (Fsp3) is 0.600. The number of phenols is 1. The van der Waals surface area contributed by atoms with Crippen LogP contribution < -0.4 is 0 Å². The van der Waals surface area contributed by atoms with Crippen LogP contribution in [0.15, 0.2) is 0 Å². The lowest BCUT2D eigenvalue weighted by molar-refractivity contribution is 0.00749. The van der Waals surface area contributed by atoms with Crippen molar-refractivity contribution in [3.63, 3.8) is 0 Å². The van der Waals surface area contributed by atoms with Gasteiger partial charge in [0.2, 0.25) is 0 Å². The first kappa shape index (κ1) is 14.6. The van der Waals surface area contributed by atoms with Gasteiger partial charge in [-0.15, -0.1) is 11.6 Å². The fourth-order valence-corrected chi connectivity index (χ4v) is 3.37. The molecule has 19 heavy (non-hydrogen) atoms. The number of phenolic OH excluding ortho intramolecular Hbond substituents is 1. The standard InChI is InChI=1S/C15H21ClO3/c1-8-10(4-5-16)9(2)13(18)11-6-15(3,7-17)14(19)12(8)11/h14,17-19H,4-7H2,1-3H3. The highest BCUT2D eigenvalue weighted by Crippen LogP contribution is 2.51. The minimum atomic E-state index is -0.743. The summed E-state index contributed by atoms with van der Waals surface area (Å²) in [7, 11) is 0. The van der Waals surface area contributed by atoms with Gasteiger partial charge < -0.3 is 15.3 Å². The molecule has 106 valence electrons. The first-order valence-electron chi connectivity index (χ1n) is 6.56. The van der Waals surface area contributed by atoms with Crippen molar-refractivity contribution in [3.8, 4) is 5.75 Å². The van der Waals surface area contributed by atoms with E-state index in [1.807, 2.05) is 20.8 Å². The first-order chi connectivity index (χ1) is 8.87. The average Bonchev–Trinajstić information content (AvgIpc) is 2.66. The van der Waals surface area contributed by atoms with Crippen LogP contribution in [-0.2, 0) is 12.8 Å². The van der Waals surface area contributed by atoms with Crippen molar-refractivity contribution in [3.05, 3.63) is 27.8 Å². The van der Waals surface area contributed by atoms with E-state index in [2.05, 4.69) is 0 Å². The van der Waals surface area contributed by atoms with Gasteiger partial charge in [-0.3, -0.25) is 0 Å². The molecule has 1 aliphatic rings. The lowest BCUT2D eigenvalue weighted by Gasteiger charge is -2.26. The van der Waals surface area contributed by atoms with Gasteiger partial charge in [0.05, 0.1) is 12.7 Å². The number of benzene rings is 1. The van der Waals surface area contributed by atoms with Crippen LogP contribution >= 0.6 is 11.6 Å². The molecule has 0 aromatic heterocycles. The minimum Gasteiger partial charge on any atom is -0.507 e. The maximum atomic E-state index is 10.5. The normalized spacial score (nSPS) is 25.7. The summed E-state index contributed by atoms with van der Waals surface area (Å²) in [5.41, 5.74) is 3.78. The number of halogens is 1. The van der Waals surface area contributed by atoms with Crippen LogP contribution in [0.1, 0.15) is 40.8 Å². The Balaban J connectivity index is 2.66. The van der Waals surface area contributed by atoms with Gasteiger partial charge >= 0.3 is 0 Å². The second-order valence-electron chi connectivity index (χ2n) is 5.80. The quantitative estimate of drug-likeness (QED) is 0.747. The summed E-state index contributed by atoms with van der Waals surface area (Å²) in [5, 5.41) is 30.4. The van der Waals surface area contributed by atoms with Crippen molar-refractivity contribution in [1.82, 2.24) is 0 Å². The molecule has 2 atom stereocenters. The predicted molar refractivity (Wildman–Crippen MR) is 75.9 cm³/mol. The highest BCUT2D eigenvalue weighted by molar-refractivity contribution is 6.18. The lowest BCUT2D eigenvalue weighted by atomic mass is 9.85. The summed E-state index contributed by atoms with van der Waals surface area (Å²) in [4.78, 5) is 0. The maximum Gasteiger partial charge on any atom is 0.122 e. The van der Waals surface area contributed by atoms with E-state index in [-0.39, 0.29) is 12.4 Å². The molecule has 2 unspecified atom stereocenters. The van der Waals surface area contributed by atoms with Crippen LogP contribution in [0.3, 0.4) is 0 Å². The largest absolute Gasteiger partial charge is 0.507 e. The number of aromatic hydroxyl groups is 1. The van der Waals surface area contributed by atoms with E-state index in [4.69, 9.17) is 11.6 Å². The number of aliphatic hydroxyl groups is 2. The summed E-state index contributed by atoms with van der Waals surface area (Å²) >= 11 is 5.82. The first-order valence-corrected chi connectivity index (χ1v) is 7.09. The number of aliphatic hydroxyl groups excluding tert-OH is 2. The van der Waals surface area contributed by atoms with E-state index >= 15 is 0 Å². The zero-order valence-corrected chi connectivity index (χ0v) is 12.4. The Morgan fingerprint density at radius 2 is 1.95 bits per heavy atom. The van der Waals surface area contributed by atoms with Gasteiger partial charge in [0.1, 0.15) is 5.75 Å². The molecule has 3 N–H and O–H groups in total. The molecule has 0 radical (unpaired) electrons. The molecule has 1 aliphatic carbocycles. The Morgan fingerprint density at radius 1 is 1.32 bits per heavy atom. The molecular weight excluding hydrogens is 264 g/mol. The second-order valence-corrected chi connectivity index (χ2v) is 6.18. The molecule has 3 nitrogen and oxygen atoms in total. The number of hydrogen-bond donors (Lipinski definition) is 3. The number of hydrogen-bond acceptors (Lipinski definition) is 3. The third kappa shape index (κ3) is 2.04. The van der Waals surface area contributed by atoms with Gasteiger partial charge in [-0.05, 0) is 48.9 Å². The Morgan fingerprint density at radius 3 is 2.47 bits per heavy atom. The van der Waals surface area contributed by atoms with E-state index in [0.29, 0.717) is 18.7 Å². The smallest absolute Gasteiger partial charge is 0.122 e. The van der Waals surface area contributed by atoms with Gasteiger partial charge in [-0.1, -0.05) is 6.92 Å².